The van der Waals surface area contributed by atoms with Crippen LogP contribution in [-0.2, 0) is 4.74 Å². The molecule has 1 rings (SSSR count). The summed E-state index contributed by atoms with van der Waals surface area (Å²) in [4.78, 5) is 0. The van der Waals surface area contributed by atoms with Gasteiger partial charge in [0, 0.05) is 31.5 Å². The van der Waals surface area contributed by atoms with Gasteiger partial charge in [0.1, 0.15) is 0 Å². The minimum absolute atomic E-state index is 0.0152. The molecule has 0 radical (unpaired) electrons. The largest absolute Gasteiger partial charge is 0.493 e. The second-order valence-electron chi connectivity index (χ2n) is 4.07. The number of rotatable bonds is 8. The van der Waals surface area contributed by atoms with Gasteiger partial charge in [0.2, 0.25) is 0 Å². The lowest BCUT2D eigenvalue weighted by molar-refractivity contribution is -0.0511. The molecule has 0 spiro atoms. The van der Waals surface area contributed by atoms with Crippen molar-refractivity contribution in [3.8, 4) is 11.5 Å². The average Bonchev–Trinajstić information content (AvgIpc) is 2.36. The second kappa shape index (κ2) is 7.78. The normalized spacial score (nSPS) is 12.3. The fraction of sp³-hybridized carbons (Fsp3) is 0.538. The van der Waals surface area contributed by atoms with Crippen LogP contribution in [0.3, 0.4) is 0 Å². The van der Waals surface area contributed by atoms with Crippen molar-refractivity contribution in [1.29, 1.82) is 0 Å². The highest BCUT2D eigenvalue weighted by atomic mass is 19.3. The third kappa shape index (κ3) is 5.30. The Morgan fingerprint density at radius 3 is 2.53 bits per heavy atom. The van der Waals surface area contributed by atoms with Crippen molar-refractivity contribution in [3.05, 3.63) is 18.2 Å². The molecular formula is C13H19F2NO3. The molecule has 0 bridgehead atoms. The molecule has 108 valence electrons. The third-order valence-corrected chi connectivity index (χ3v) is 2.55. The minimum atomic E-state index is -2.88. The van der Waals surface area contributed by atoms with Gasteiger partial charge in [-0.3, -0.25) is 0 Å². The van der Waals surface area contributed by atoms with Crippen LogP contribution in [0.5, 0.6) is 11.5 Å². The molecule has 0 fully saturated rings. The summed E-state index contributed by atoms with van der Waals surface area (Å²) in [5, 5.41) is 3.18. The minimum Gasteiger partial charge on any atom is -0.493 e. The summed E-state index contributed by atoms with van der Waals surface area (Å²) in [6.07, 6.45) is 0.813. The van der Waals surface area contributed by atoms with Gasteiger partial charge in [0.15, 0.2) is 11.5 Å². The van der Waals surface area contributed by atoms with Gasteiger partial charge in [-0.25, -0.2) is 0 Å². The summed E-state index contributed by atoms with van der Waals surface area (Å²) < 4.78 is 38.9. The number of methoxy groups -OCH3 is 2. The molecule has 1 unspecified atom stereocenters. The molecule has 0 aliphatic rings. The first kappa shape index (κ1) is 15.5. The van der Waals surface area contributed by atoms with Crippen LogP contribution in [0.4, 0.5) is 14.5 Å². The van der Waals surface area contributed by atoms with Gasteiger partial charge in [-0.05, 0) is 25.5 Å². The van der Waals surface area contributed by atoms with E-state index in [2.05, 4.69) is 10.1 Å². The molecule has 0 aliphatic carbocycles. The molecule has 0 aromatic heterocycles. The summed E-state index contributed by atoms with van der Waals surface area (Å²) >= 11 is 0. The van der Waals surface area contributed by atoms with Crippen molar-refractivity contribution in [1.82, 2.24) is 0 Å². The number of nitrogens with one attached hydrogen (secondary N) is 1. The molecule has 1 aromatic rings. The Bertz CT molecular complexity index is 388. The van der Waals surface area contributed by atoms with Gasteiger partial charge in [0.05, 0.1) is 7.11 Å². The van der Waals surface area contributed by atoms with Crippen LogP contribution in [-0.4, -0.2) is 33.5 Å². The molecule has 0 aliphatic heterocycles. The number of ether oxygens (including phenoxy) is 3. The third-order valence-electron chi connectivity index (χ3n) is 2.55. The van der Waals surface area contributed by atoms with Crippen molar-refractivity contribution in [2.24, 2.45) is 0 Å². The molecule has 6 heteroatoms. The molecule has 0 amide bonds. The summed E-state index contributed by atoms with van der Waals surface area (Å²) in [5.74, 6) is 0.289. The Kier molecular flexibility index (Phi) is 6.35. The van der Waals surface area contributed by atoms with Crippen LogP contribution in [0.25, 0.3) is 0 Å². The molecule has 1 aromatic carbocycles. The van der Waals surface area contributed by atoms with Crippen LogP contribution < -0.4 is 14.8 Å². The maximum atomic E-state index is 12.3. The van der Waals surface area contributed by atoms with Crippen LogP contribution in [0.2, 0.25) is 0 Å². The van der Waals surface area contributed by atoms with E-state index in [-0.39, 0.29) is 17.5 Å². The quantitative estimate of drug-likeness (QED) is 0.791. The first-order chi connectivity index (χ1) is 9.06. The SMILES string of the molecule is COCCC(C)Nc1ccc(OC)c(OC(F)F)c1. The molecule has 4 nitrogen and oxygen atoms in total. The fourth-order valence-electron chi connectivity index (χ4n) is 1.61. The molecule has 0 saturated heterocycles. The first-order valence-corrected chi connectivity index (χ1v) is 5.95. The lowest BCUT2D eigenvalue weighted by atomic mass is 10.2. The molecule has 19 heavy (non-hydrogen) atoms. The smallest absolute Gasteiger partial charge is 0.387 e. The van der Waals surface area contributed by atoms with Crippen molar-refractivity contribution < 1.29 is 23.0 Å². The topological polar surface area (TPSA) is 39.7 Å². The number of hydrogen-bond acceptors (Lipinski definition) is 4. The summed E-state index contributed by atoms with van der Waals surface area (Å²) in [7, 11) is 3.04. The summed E-state index contributed by atoms with van der Waals surface area (Å²) in [6, 6.07) is 4.99. The van der Waals surface area contributed by atoms with E-state index in [4.69, 9.17) is 9.47 Å². The molecule has 1 atom stereocenters. The molecule has 0 saturated carbocycles. The highest BCUT2D eigenvalue weighted by Crippen LogP contribution is 2.31. The van der Waals surface area contributed by atoms with E-state index in [9.17, 15) is 8.78 Å². The van der Waals surface area contributed by atoms with Gasteiger partial charge in [-0.1, -0.05) is 0 Å². The van der Waals surface area contributed by atoms with Gasteiger partial charge >= 0.3 is 6.61 Å². The van der Waals surface area contributed by atoms with E-state index in [0.717, 1.165) is 6.42 Å². The number of hydrogen-bond donors (Lipinski definition) is 1. The number of anilines is 1. The number of alkyl halides is 2. The predicted molar refractivity (Wildman–Crippen MR) is 69.2 cm³/mol. The van der Waals surface area contributed by atoms with Crippen LogP contribution >= 0.6 is 0 Å². The fourth-order valence-corrected chi connectivity index (χ4v) is 1.61. The van der Waals surface area contributed by atoms with Crippen molar-refractivity contribution in [3.63, 3.8) is 0 Å². The maximum Gasteiger partial charge on any atom is 0.387 e. The van der Waals surface area contributed by atoms with E-state index >= 15 is 0 Å². The monoisotopic (exact) mass is 275 g/mol. The zero-order chi connectivity index (χ0) is 14.3. The summed E-state index contributed by atoms with van der Waals surface area (Å²) in [5.41, 5.74) is 0.694. The standard InChI is InChI=1S/C13H19F2NO3/c1-9(6-7-17-2)16-10-4-5-11(18-3)12(8-10)19-13(14)15/h4-5,8-9,13,16H,6-7H2,1-3H3. The Morgan fingerprint density at radius 2 is 1.95 bits per heavy atom. The van der Waals surface area contributed by atoms with E-state index < -0.39 is 6.61 Å². The highest BCUT2D eigenvalue weighted by molar-refractivity contribution is 5.55. The Balaban J connectivity index is 2.74. The molecule has 0 heterocycles. The lowest BCUT2D eigenvalue weighted by Crippen LogP contribution is -2.17. The average molecular weight is 275 g/mol. The first-order valence-electron chi connectivity index (χ1n) is 5.95. The van der Waals surface area contributed by atoms with Crippen LogP contribution in [0, 0.1) is 0 Å². The van der Waals surface area contributed by atoms with E-state index in [1.165, 1.54) is 13.2 Å². The van der Waals surface area contributed by atoms with E-state index in [1.807, 2.05) is 6.92 Å². The second-order valence-corrected chi connectivity index (χ2v) is 4.07. The zero-order valence-electron chi connectivity index (χ0n) is 11.3. The van der Waals surface area contributed by atoms with Gasteiger partial charge in [-0.15, -0.1) is 0 Å². The Labute approximate surface area is 111 Å². The Hall–Kier alpha value is -1.56. The predicted octanol–water partition coefficient (Wildman–Crippen LogP) is 3.13. The van der Waals surface area contributed by atoms with E-state index in [0.29, 0.717) is 12.3 Å². The van der Waals surface area contributed by atoms with Crippen molar-refractivity contribution >= 4 is 5.69 Å². The summed E-state index contributed by atoms with van der Waals surface area (Å²) in [6.45, 7) is -0.267. The zero-order valence-corrected chi connectivity index (χ0v) is 11.3. The maximum absolute atomic E-state index is 12.3. The lowest BCUT2D eigenvalue weighted by Gasteiger charge is -2.17. The van der Waals surface area contributed by atoms with Gasteiger partial charge in [0.25, 0.3) is 0 Å². The van der Waals surface area contributed by atoms with Crippen LogP contribution in [0.15, 0.2) is 18.2 Å². The number of benzene rings is 1. The van der Waals surface area contributed by atoms with Gasteiger partial charge < -0.3 is 19.5 Å². The van der Waals surface area contributed by atoms with Gasteiger partial charge in [-0.2, -0.15) is 8.78 Å². The molecule has 1 N–H and O–H groups in total. The highest BCUT2D eigenvalue weighted by Gasteiger charge is 2.12. The molecular weight excluding hydrogens is 256 g/mol. The van der Waals surface area contributed by atoms with Crippen molar-refractivity contribution in [2.45, 2.75) is 26.0 Å². The van der Waals surface area contributed by atoms with Crippen molar-refractivity contribution in [2.75, 3.05) is 26.1 Å². The van der Waals surface area contributed by atoms with E-state index in [1.54, 1.807) is 19.2 Å². The Morgan fingerprint density at radius 1 is 1.21 bits per heavy atom. The van der Waals surface area contributed by atoms with Crippen LogP contribution in [0.1, 0.15) is 13.3 Å². The number of halogens is 2.